The average molecular weight is 227 g/mol. The van der Waals surface area contributed by atoms with E-state index in [-0.39, 0.29) is 0 Å². The normalized spacial score (nSPS) is 21.2. The van der Waals surface area contributed by atoms with Gasteiger partial charge < -0.3 is 10.1 Å². The summed E-state index contributed by atoms with van der Waals surface area (Å²) in [6, 6.07) is 0.568. The maximum atomic E-state index is 5.85. The van der Waals surface area contributed by atoms with E-state index in [1.807, 2.05) is 0 Å². The van der Waals surface area contributed by atoms with Gasteiger partial charge in [-0.2, -0.15) is 0 Å². The maximum Gasteiger partial charge on any atom is 0.0725 e. The van der Waals surface area contributed by atoms with Gasteiger partial charge in [0, 0.05) is 12.6 Å². The molecule has 1 saturated carbocycles. The first-order valence-electron chi connectivity index (χ1n) is 7.16. The Bertz CT molecular complexity index is 166. The van der Waals surface area contributed by atoms with Crippen molar-refractivity contribution >= 4 is 0 Å². The first-order valence-corrected chi connectivity index (χ1v) is 7.16. The molecule has 0 aromatic rings. The summed E-state index contributed by atoms with van der Waals surface area (Å²) >= 11 is 0. The molecule has 0 spiro atoms. The first kappa shape index (κ1) is 14.0. The number of hydrogen-bond acceptors (Lipinski definition) is 2. The zero-order valence-corrected chi connectivity index (χ0v) is 11.3. The van der Waals surface area contributed by atoms with Gasteiger partial charge in [0.25, 0.3) is 0 Å². The van der Waals surface area contributed by atoms with Gasteiger partial charge in [-0.25, -0.2) is 0 Å². The van der Waals surface area contributed by atoms with Crippen LogP contribution in [0, 0.1) is 5.92 Å². The van der Waals surface area contributed by atoms with E-state index in [0.717, 1.165) is 25.5 Å². The Hall–Kier alpha value is -0.0800. The van der Waals surface area contributed by atoms with E-state index in [9.17, 15) is 0 Å². The Morgan fingerprint density at radius 2 is 1.88 bits per heavy atom. The molecule has 0 aliphatic heterocycles. The lowest BCUT2D eigenvalue weighted by Gasteiger charge is -2.29. The molecule has 1 aliphatic rings. The third kappa shape index (κ3) is 4.42. The van der Waals surface area contributed by atoms with Crippen molar-refractivity contribution in [1.29, 1.82) is 0 Å². The highest BCUT2D eigenvalue weighted by Crippen LogP contribution is 2.29. The van der Waals surface area contributed by atoms with Crippen LogP contribution in [-0.2, 0) is 4.74 Å². The highest BCUT2D eigenvalue weighted by atomic mass is 16.5. The minimum atomic E-state index is 0.408. The van der Waals surface area contributed by atoms with Crippen molar-refractivity contribution < 1.29 is 4.74 Å². The molecule has 2 nitrogen and oxygen atoms in total. The quantitative estimate of drug-likeness (QED) is 0.686. The lowest BCUT2D eigenvalue weighted by atomic mass is 9.94. The molecule has 0 radical (unpaired) electrons. The summed E-state index contributed by atoms with van der Waals surface area (Å²) in [5.41, 5.74) is 0. The molecule has 1 aliphatic carbocycles. The molecule has 0 saturated heterocycles. The van der Waals surface area contributed by atoms with E-state index >= 15 is 0 Å². The van der Waals surface area contributed by atoms with Crippen LogP contribution in [0.2, 0.25) is 0 Å². The number of likely N-dealkylation sites (N-methyl/N-ethyl adjacent to an activating group) is 1. The van der Waals surface area contributed by atoms with Crippen molar-refractivity contribution in [3.63, 3.8) is 0 Å². The van der Waals surface area contributed by atoms with Gasteiger partial charge >= 0.3 is 0 Å². The van der Waals surface area contributed by atoms with Crippen LogP contribution in [0.4, 0.5) is 0 Å². The Kier molecular flexibility index (Phi) is 7.06. The largest absolute Gasteiger partial charge is 0.377 e. The molecular formula is C14H29NO. The highest BCUT2D eigenvalue weighted by Gasteiger charge is 2.25. The molecule has 96 valence electrons. The molecule has 1 N–H and O–H groups in total. The van der Waals surface area contributed by atoms with E-state index in [4.69, 9.17) is 4.74 Å². The third-order valence-corrected chi connectivity index (χ3v) is 3.76. The topological polar surface area (TPSA) is 21.3 Å². The van der Waals surface area contributed by atoms with Gasteiger partial charge in [-0.15, -0.1) is 0 Å². The van der Waals surface area contributed by atoms with Crippen LogP contribution in [0.25, 0.3) is 0 Å². The fourth-order valence-corrected chi connectivity index (χ4v) is 2.97. The summed E-state index contributed by atoms with van der Waals surface area (Å²) in [5, 5.41) is 3.62. The summed E-state index contributed by atoms with van der Waals surface area (Å²) in [4.78, 5) is 0. The van der Waals surface area contributed by atoms with Gasteiger partial charge in [0.15, 0.2) is 0 Å². The summed E-state index contributed by atoms with van der Waals surface area (Å²) in [6.45, 7) is 8.42. The Labute approximate surface area is 101 Å². The molecule has 1 rings (SSSR count). The smallest absolute Gasteiger partial charge is 0.0725 e. The minimum absolute atomic E-state index is 0.408. The monoisotopic (exact) mass is 227 g/mol. The van der Waals surface area contributed by atoms with Crippen molar-refractivity contribution in [3.8, 4) is 0 Å². The first-order chi connectivity index (χ1) is 7.81. The second-order valence-corrected chi connectivity index (χ2v) is 4.95. The zero-order valence-electron chi connectivity index (χ0n) is 11.3. The van der Waals surface area contributed by atoms with Crippen LogP contribution in [0.5, 0.6) is 0 Å². The van der Waals surface area contributed by atoms with E-state index in [1.54, 1.807) is 0 Å². The van der Waals surface area contributed by atoms with Gasteiger partial charge in [-0.05, 0) is 32.2 Å². The lowest BCUT2D eigenvalue weighted by Crippen LogP contribution is -2.42. The molecule has 0 aromatic heterocycles. The number of ether oxygens (including phenoxy) is 1. The summed E-state index contributed by atoms with van der Waals surface area (Å²) in [5.74, 6) is 0.943. The third-order valence-electron chi connectivity index (χ3n) is 3.76. The molecule has 0 aromatic carbocycles. The highest BCUT2D eigenvalue weighted by molar-refractivity contribution is 4.81. The molecule has 2 heteroatoms. The summed E-state index contributed by atoms with van der Waals surface area (Å²) < 4.78 is 5.85. The molecule has 0 bridgehead atoms. The van der Waals surface area contributed by atoms with E-state index in [1.165, 1.54) is 32.1 Å². The van der Waals surface area contributed by atoms with Gasteiger partial charge in [-0.3, -0.25) is 0 Å². The van der Waals surface area contributed by atoms with Crippen LogP contribution in [0.3, 0.4) is 0 Å². The van der Waals surface area contributed by atoms with Crippen LogP contribution in [0.15, 0.2) is 0 Å². The minimum Gasteiger partial charge on any atom is -0.377 e. The van der Waals surface area contributed by atoms with E-state index in [2.05, 4.69) is 26.1 Å². The summed E-state index contributed by atoms with van der Waals surface area (Å²) in [6.07, 6.45) is 8.59. The van der Waals surface area contributed by atoms with E-state index in [0.29, 0.717) is 12.1 Å². The van der Waals surface area contributed by atoms with Crippen molar-refractivity contribution in [2.75, 3.05) is 13.2 Å². The maximum absolute atomic E-state index is 5.85. The molecule has 2 atom stereocenters. The average Bonchev–Trinajstić information content (AvgIpc) is 2.78. The van der Waals surface area contributed by atoms with Crippen molar-refractivity contribution in [2.24, 2.45) is 5.92 Å². The van der Waals surface area contributed by atoms with Crippen LogP contribution < -0.4 is 5.32 Å². The number of nitrogens with one attached hydrogen (secondary N) is 1. The molecule has 0 heterocycles. The number of hydrogen-bond donors (Lipinski definition) is 1. The second-order valence-electron chi connectivity index (χ2n) is 4.95. The molecule has 2 unspecified atom stereocenters. The standard InChI is InChI=1S/C14H29NO/c1-4-14(16-6-3)13(15-5-2)11-12-9-7-8-10-12/h12-15H,4-11H2,1-3H3. The van der Waals surface area contributed by atoms with Gasteiger partial charge in [0.1, 0.15) is 0 Å². The zero-order chi connectivity index (χ0) is 11.8. The Balaban J connectivity index is 2.42. The van der Waals surface area contributed by atoms with Gasteiger partial charge in [0.2, 0.25) is 0 Å². The lowest BCUT2D eigenvalue weighted by molar-refractivity contribution is 0.0258. The molecular weight excluding hydrogens is 198 g/mol. The van der Waals surface area contributed by atoms with Crippen molar-refractivity contribution in [3.05, 3.63) is 0 Å². The fraction of sp³-hybridized carbons (Fsp3) is 1.00. The number of rotatable bonds is 8. The van der Waals surface area contributed by atoms with E-state index < -0.39 is 0 Å². The van der Waals surface area contributed by atoms with Crippen molar-refractivity contribution in [2.45, 2.75) is 71.4 Å². The predicted molar refractivity (Wildman–Crippen MR) is 69.7 cm³/mol. The SMILES string of the molecule is CCNC(CC1CCCC1)C(CC)OCC. The molecule has 0 amide bonds. The van der Waals surface area contributed by atoms with Crippen LogP contribution in [0.1, 0.15) is 59.3 Å². The second kappa shape index (κ2) is 8.08. The fourth-order valence-electron chi connectivity index (χ4n) is 2.97. The van der Waals surface area contributed by atoms with Gasteiger partial charge in [0.05, 0.1) is 6.10 Å². The molecule has 16 heavy (non-hydrogen) atoms. The van der Waals surface area contributed by atoms with Crippen LogP contribution in [-0.4, -0.2) is 25.3 Å². The van der Waals surface area contributed by atoms with Crippen LogP contribution >= 0.6 is 0 Å². The Morgan fingerprint density at radius 1 is 1.19 bits per heavy atom. The van der Waals surface area contributed by atoms with Gasteiger partial charge in [-0.1, -0.05) is 39.5 Å². The Morgan fingerprint density at radius 3 is 2.38 bits per heavy atom. The molecule has 1 fully saturated rings. The van der Waals surface area contributed by atoms with Crippen molar-refractivity contribution in [1.82, 2.24) is 5.32 Å². The summed E-state index contributed by atoms with van der Waals surface area (Å²) in [7, 11) is 0. The predicted octanol–water partition coefficient (Wildman–Crippen LogP) is 3.36.